The fourth-order valence-electron chi connectivity index (χ4n) is 1.71. The van der Waals surface area contributed by atoms with Gasteiger partial charge in [-0.3, -0.25) is 9.89 Å². The van der Waals surface area contributed by atoms with Gasteiger partial charge in [0.25, 0.3) is 5.91 Å². The molecule has 2 N–H and O–H groups in total. The number of ether oxygens (including phenoxy) is 1. The van der Waals surface area contributed by atoms with Gasteiger partial charge in [-0.25, -0.2) is 0 Å². The van der Waals surface area contributed by atoms with Crippen LogP contribution in [-0.2, 0) is 4.74 Å². The molecule has 0 fully saturated rings. The Balaban J connectivity index is 1.98. The van der Waals surface area contributed by atoms with Crippen LogP contribution in [0.1, 0.15) is 22.2 Å². The van der Waals surface area contributed by atoms with Crippen LogP contribution in [0.4, 0.5) is 0 Å². The molecule has 2 aromatic rings. The number of hydrogen-bond donors (Lipinski definition) is 2. The maximum atomic E-state index is 11.8. The summed E-state index contributed by atoms with van der Waals surface area (Å²) in [5.41, 5.74) is 1.33. The third kappa shape index (κ3) is 3.56. The zero-order valence-corrected chi connectivity index (χ0v) is 11.1. The van der Waals surface area contributed by atoms with E-state index in [2.05, 4.69) is 15.5 Å². The second-order valence-corrected chi connectivity index (χ2v) is 4.40. The first kappa shape index (κ1) is 13.6. The molecule has 0 saturated carbocycles. The van der Waals surface area contributed by atoms with E-state index in [9.17, 15) is 4.79 Å². The molecule has 5 nitrogen and oxygen atoms in total. The van der Waals surface area contributed by atoms with Crippen LogP contribution in [0.15, 0.2) is 36.5 Å². The number of benzene rings is 1. The summed E-state index contributed by atoms with van der Waals surface area (Å²) in [6.45, 7) is 0.356. The van der Waals surface area contributed by atoms with Crippen LogP contribution in [0.5, 0.6) is 0 Å². The minimum Gasteiger partial charge on any atom is -0.375 e. The number of nitrogens with zero attached hydrogens (tertiary/aromatic N) is 1. The van der Waals surface area contributed by atoms with Gasteiger partial charge in [-0.05, 0) is 23.8 Å². The topological polar surface area (TPSA) is 67.0 Å². The average molecular weight is 280 g/mol. The predicted octanol–water partition coefficient (Wildman–Crippen LogP) is 2.18. The fraction of sp³-hybridized carbons (Fsp3) is 0.231. The van der Waals surface area contributed by atoms with Gasteiger partial charge >= 0.3 is 0 Å². The number of halogens is 1. The molecule has 1 heterocycles. The number of carbonyl (C=O) groups excluding carboxylic acids is 1. The molecule has 0 aliphatic rings. The van der Waals surface area contributed by atoms with Crippen LogP contribution in [0.2, 0.25) is 5.02 Å². The van der Waals surface area contributed by atoms with Crippen molar-refractivity contribution in [3.05, 3.63) is 52.8 Å². The standard InChI is InChI=1S/C13H14ClN3O2/c1-19-12(9-3-2-4-10(14)7-9)8-15-13(18)11-5-6-16-17-11/h2-7,12H,8H2,1H3,(H,15,18)(H,16,17)/t12-/m1/s1. The Bertz CT molecular complexity index is 543. The molecule has 1 amide bonds. The average Bonchev–Trinajstić information content (AvgIpc) is 2.93. The van der Waals surface area contributed by atoms with Crippen molar-refractivity contribution in [1.29, 1.82) is 0 Å². The molecular formula is C13H14ClN3O2. The lowest BCUT2D eigenvalue weighted by Crippen LogP contribution is -2.29. The fourth-order valence-corrected chi connectivity index (χ4v) is 1.91. The molecule has 0 unspecified atom stereocenters. The number of amides is 1. The van der Waals surface area contributed by atoms with Crippen LogP contribution in [0.3, 0.4) is 0 Å². The summed E-state index contributed by atoms with van der Waals surface area (Å²) in [4.78, 5) is 11.8. The molecule has 1 atom stereocenters. The molecule has 1 aromatic carbocycles. The first-order chi connectivity index (χ1) is 9.20. The maximum Gasteiger partial charge on any atom is 0.269 e. The SMILES string of the molecule is CO[C@H](CNC(=O)c1ccn[nH]1)c1cccc(Cl)c1. The number of methoxy groups -OCH3 is 1. The number of H-pyrrole nitrogens is 1. The minimum atomic E-state index is -0.245. The predicted molar refractivity (Wildman–Crippen MR) is 72.1 cm³/mol. The van der Waals surface area contributed by atoms with Gasteiger partial charge in [0, 0.05) is 24.9 Å². The highest BCUT2D eigenvalue weighted by atomic mass is 35.5. The van der Waals surface area contributed by atoms with Gasteiger partial charge in [-0.15, -0.1) is 0 Å². The number of aromatic amines is 1. The Labute approximate surface area is 115 Å². The second kappa shape index (κ2) is 6.36. The quantitative estimate of drug-likeness (QED) is 0.881. The van der Waals surface area contributed by atoms with Crippen molar-refractivity contribution < 1.29 is 9.53 Å². The Hall–Kier alpha value is -1.85. The van der Waals surface area contributed by atoms with E-state index in [1.165, 1.54) is 6.20 Å². The lowest BCUT2D eigenvalue weighted by atomic mass is 10.1. The lowest BCUT2D eigenvalue weighted by molar-refractivity contribution is 0.0824. The Morgan fingerprint density at radius 2 is 2.37 bits per heavy atom. The number of aromatic nitrogens is 2. The van der Waals surface area contributed by atoms with E-state index in [0.717, 1.165) is 5.56 Å². The molecule has 0 spiro atoms. The third-order valence-electron chi connectivity index (χ3n) is 2.70. The van der Waals surface area contributed by atoms with Crippen molar-refractivity contribution in [3.63, 3.8) is 0 Å². The lowest BCUT2D eigenvalue weighted by Gasteiger charge is -2.16. The molecule has 0 saturated heterocycles. The minimum absolute atomic E-state index is 0.221. The van der Waals surface area contributed by atoms with Gasteiger partial charge in [0.2, 0.25) is 0 Å². The first-order valence-corrected chi connectivity index (χ1v) is 6.14. The number of nitrogens with one attached hydrogen (secondary N) is 2. The summed E-state index contributed by atoms with van der Waals surface area (Å²) < 4.78 is 5.36. The number of rotatable bonds is 5. The molecule has 0 aliphatic heterocycles. The van der Waals surface area contributed by atoms with Crippen molar-refractivity contribution in [2.45, 2.75) is 6.10 Å². The van der Waals surface area contributed by atoms with E-state index in [1.807, 2.05) is 18.2 Å². The first-order valence-electron chi connectivity index (χ1n) is 5.76. The summed E-state index contributed by atoms with van der Waals surface area (Å²) in [7, 11) is 1.59. The normalized spacial score (nSPS) is 12.1. The van der Waals surface area contributed by atoms with E-state index < -0.39 is 0 Å². The zero-order chi connectivity index (χ0) is 13.7. The molecule has 100 valence electrons. The van der Waals surface area contributed by atoms with Gasteiger partial charge in [0.1, 0.15) is 5.69 Å². The maximum absolute atomic E-state index is 11.8. The van der Waals surface area contributed by atoms with Crippen molar-refractivity contribution >= 4 is 17.5 Å². The van der Waals surface area contributed by atoms with Gasteiger partial charge < -0.3 is 10.1 Å². The van der Waals surface area contributed by atoms with E-state index >= 15 is 0 Å². The van der Waals surface area contributed by atoms with E-state index in [0.29, 0.717) is 17.3 Å². The highest BCUT2D eigenvalue weighted by Gasteiger charge is 2.13. The smallest absolute Gasteiger partial charge is 0.269 e. The van der Waals surface area contributed by atoms with Gasteiger partial charge in [0.15, 0.2) is 0 Å². The number of carbonyl (C=O) groups is 1. The summed E-state index contributed by atoms with van der Waals surface area (Å²) in [6, 6.07) is 8.97. The largest absolute Gasteiger partial charge is 0.375 e. The Morgan fingerprint density at radius 1 is 1.53 bits per heavy atom. The molecule has 0 aliphatic carbocycles. The third-order valence-corrected chi connectivity index (χ3v) is 2.93. The molecule has 0 bridgehead atoms. The second-order valence-electron chi connectivity index (χ2n) is 3.96. The van der Waals surface area contributed by atoms with Crippen molar-refractivity contribution in [2.24, 2.45) is 0 Å². The summed E-state index contributed by atoms with van der Waals surface area (Å²) in [5, 5.41) is 9.74. The molecule has 2 rings (SSSR count). The van der Waals surface area contributed by atoms with Crippen molar-refractivity contribution in [2.75, 3.05) is 13.7 Å². The zero-order valence-electron chi connectivity index (χ0n) is 10.4. The van der Waals surface area contributed by atoms with Crippen LogP contribution >= 0.6 is 11.6 Å². The Morgan fingerprint density at radius 3 is 3.00 bits per heavy atom. The molecule has 0 radical (unpaired) electrons. The molecule has 1 aromatic heterocycles. The summed E-state index contributed by atoms with van der Waals surface area (Å²) >= 11 is 5.93. The monoisotopic (exact) mass is 279 g/mol. The highest BCUT2D eigenvalue weighted by Crippen LogP contribution is 2.19. The van der Waals surface area contributed by atoms with E-state index in [4.69, 9.17) is 16.3 Å². The van der Waals surface area contributed by atoms with Gasteiger partial charge in [0.05, 0.1) is 6.10 Å². The summed E-state index contributed by atoms with van der Waals surface area (Å²) in [5.74, 6) is -0.221. The van der Waals surface area contributed by atoms with Gasteiger partial charge in [-0.2, -0.15) is 5.10 Å². The van der Waals surface area contributed by atoms with Crippen LogP contribution in [0, 0.1) is 0 Å². The van der Waals surface area contributed by atoms with Gasteiger partial charge in [-0.1, -0.05) is 23.7 Å². The Kier molecular flexibility index (Phi) is 4.54. The van der Waals surface area contributed by atoms with E-state index in [-0.39, 0.29) is 12.0 Å². The molecule has 6 heteroatoms. The van der Waals surface area contributed by atoms with Crippen LogP contribution < -0.4 is 5.32 Å². The van der Waals surface area contributed by atoms with Crippen LogP contribution in [0.25, 0.3) is 0 Å². The van der Waals surface area contributed by atoms with Crippen molar-refractivity contribution in [1.82, 2.24) is 15.5 Å². The van der Waals surface area contributed by atoms with E-state index in [1.54, 1.807) is 19.2 Å². The van der Waals surface area contributed by atoms with Crippen LogP contribution in [-0.4, -0.2) is 29.8 Å². The molecular weight excluding hydrogens is 266 g/mol. The molecule has 19 heavy (non-hydrogen) atoms. The highest BCUT2D eigenvalue weighted by molar-refractivity contribution is 6.30. The summed E-state index contributed by atoms with van der Waals surface area (Å²) in [6.07, 6.45) is 1.28. The van der Waals surface area contributed by atoms with Crippen molar-refractivity contribution in [3.8, 4) is 0 Å². The number of hydrogen-bond acceptors (Lipinski definition) is 3.